The molecule has 4 atom stereocenters. The number of hydrogen-bond donors (Lipinski definition) is 1. The van der Waals surface area contributed by atoms with Crippen molar-refractivity contribution in [2.45, 2.75) is 50.7 Å². The SMILES string of the molecule is CC(=O)Oc1cccc([C@@]23CCN(C)C[C@H]2C(OC(C)=O)C[C@H](NC(=O)c2ccc4ccccc4c2)C3)c1. The van der Waals surface area contributed by atoms with E-state index in [4.69, 9.17) is 9.47 Å². The Morgan fingerprint density at radius 1 is 0.947 bits per heavy atom. The van der Waals surface area contributed by atoms with Gasteiger partial charge in [-0.3, -0.25) is 14.4 Å². The van der Waals surface area contributed by atoms with E-state index in [1.807, 2.05) is 54.6 Å². The van der Waals surface area contributed by atoms with Gasteiger partial charge in [0.05, 0.1) is 0 Å². The molecule has 1 aliphatic heterocycles. The number of carbonyl (C=O) groups excluding carboxylic acids is 3. The number of carbonyl (C=O) groups is 3. The first-order valence-corrected chi connectivity index (χ1v) is 13.2. The van der Waals surface area contributed by atoms with Crippen LogP contribution in [0.3, 0.4) is 0 Å². The van der Waals surface area contributed by atoms with Crippen LogP contribution in [-0.4, -0.2) is 55.0 Å². The normalized spacial score (nSPS) is 25.3. The predicted molar refractivity (Wildman–Crippen MR) is 145 cm³/mol. The van der Waals surface area contributed by atoms with Crippen LogP contribution >= 0.6 is 0 Å². The fourth-order valence-electron chi connectivity index (χ4n) is 6.44. The summed E-state index contributed by atoms with van der Waals surface area (Å²) in [5, 5.41) is 5.35. The summed E-state index contributed by atoms with van der Waals surface area (Å²) < 4.78 is 11.3. The first-order chi connectivity index (χ1) is 18.2. The van der Waals surface area contributed by atoms with Gasteiger partial charge >= 0.3 is 11.9 Å². The number of nitrogens with one attached hydrogen (secondary N) is 1. The highest BCUT2D eigenvalue weighted by Crippen LogP contribution is 2.50. The molecule has 0 aromatic heterocycles. The Hall–Kier alpha value is -3.71. The summed E-state index contributed by atoms with van der Waals surface area (Å²) in [6, 6.07) is 21.1. The predicted octanol–water partition coefficient (Wildman–Crippen LogP) is 4.48. The van der Waals surface area contributed by atoms with Crippen molar-refractivity contribution in [2.75, 3.05) is 20.1 Å². The topological polar surface area (TPSA) is 84.9 Å². The van der Waals surface area contributed by atoms with Gasteiger partial charge in [-0.15, -0.1) is 0 Å². The molecule has 5 rings (SSSR count). The van der Waals surface area contributed by atoms with E-state index < -0.39 is 0 Å². The maximum atomic E-state index is 13.4. The molecular formula is C31H34N2O5. The third-order valence-corrected chi connectivity index (χ3v) is 8.07. The second-order valence-corrected chi connectivity index (χ2v) is 10.7. The largest absolute Gasteiger partial charge is 0.462 e. The van der Waals surface area contributed by atoms with Gasteiger partial charge in [0, 0.05) is 49.8 Å². The zero-order valence-electron chi connectivity index (χ0n) is 22.1. The number of benzene rings is 3. The van der Waals surface area contributed by atoms with Crippen molar-refractivity contribution in [3.05, 3.63) is 77.9 Å². The molecule has 1 saturated carbocycles. The molecule has 0 spiro atoms. The summed E-state index contributed by atoms with van der Waals surface area (Å²) in [6.07, 6.45) is 1.72. The van der Waals surface area contributed by atoms with Crippen molar-refractivity contribution in [2.24, 2.45) is 5.92 Å². The van der Waals surface area contributed by atoms with E-state index >= 15 is 0 Å². The highest BCUT2D eigenvalue weighted by atomic mass is 16.5. The number of fused-ring (bicyclic) bond motifs is 2. The minimum absolute atomic E-state index is 0.0338. The molecule has 1 amide bonds. The summed E-state index contributed by atoms with van der Waals surface area (Å²) in [7, 11) is 2.08. The maximum Gasteiger partial charge on any atom is 0.308 e. The van der Waals surface area contributed by atoms with Crippen LogP contribution in [0, 0.1) is 5.92 Å². The molecule has 2 fully saturated rings. The van der Waals surface area contributed by atoms with E-state index in [0.29, 0.717) is 24.2 Å². The monoisotopic (exact) mass is 514 g/mol. The highest BCUT2D eigenvalue weighted by Gasteiger charge is 2.53. The first-order valence-electron chi connectivity index (χ1n) is 13.2. The molecule has 7 nitrogen and oxygen atoms in total. The van der Waals surface area contributed by atoms with Crippen LogP contribution in [0.5, 0.6) is 5.75 Å². The standard InChI is InChI=1S/C31H34N2O5/c1-20(34)37-27-10-6-9-25(16-27)31-13-14-33(3)19-28(31)29(38-21(2)35)17-26(18-31)32-30(36)24-12-11-22-7-4-5-8-23(22)15-24/h4-12,15-16,26,28-29H,13-14,17-19H2,1-3H3,(H,32,36)/t26-,28-,29?,31-/m0/s1. The minimum Gasteiger partial charge on any atom is -0.462 e. The van der Waals surface area contributed by atoms with Crippen molar-refractivity contribution < 1.29 is 23.9 Å². The Kier molecular flexibility index (Phi) is 7.21. The zero-order chi connectivity index (χ0) is 26.9. The molecule has 7 heteroatoms. The van der Waals surface area contributed by atoms with Crippen molar-refractivity contribution >= 4 is 28.6 Å². The van der Waals surface area contributed by atoms with Gasteiger partial charge in [-0.25, -0.2) is 0 Å². The summed E-state index contributed by atoms with van der Waals surface area (Å²) in [6.45, 7) is 4.46. The van der Waals surface area contributed by atoms with E-state index in [-0.39, 0.29) is 41.3 Å². The number of nitrogens with zero attached hydrogens (tertiary/aromatic N) is 1. The number of esters is 2. The number of rotatable bonds is 5. The summed E-state index contributed by atoms with van der Waals surface area (Å²) in [5.74, 6) is -0.314. The third kappa shape index (κ3) is 5.29. The minimum atomic E-state index is -0.374. The molecule has 1 saturated heterocycles. The van der Waals surface area contributed by atoms with Crippen LogP contribution in [0.1, 0.15) is 49.0 Å². The van der Waals surface area contributed by atoms with Gasteiger partial charge in [0.1, 0.15) is 11.9 Å². The third-order valence-electron chi connectivity index (χ3n) is 8.07. The fraction of sp³-hybridized carbons (Fsp3) is 0.387. The van der Waals surface area contributed by atoms with Crippen LogP contribution in [0.15, 0.2) is 66.7 Å². The maximum absolute atomic E-state index is 13.4. The van der Waals surface area contributed by atoms with Crippen LogP contribution in [0.2, 0.25) is 0 Å². The van der Waals surface area contributed by atoms with Gasteiger partial charge in [0.25, 0.3) is 5.91 Å². The van der Waals surface area contributed by atoms with Gasteiger partial charge in [-0.05, 0) is 67.0 Å². The van der Waals surface area contributed by atoms with Crippen LogP contribution < -0.4 is 10.1 Å². The molecule has 2 aliphatic rings. The van der Waals surface area contributed by atoms with Gasteiger partial charge in [0.2, 0.25) is 0 Å². The number of ether oxygens (including phenoxy) is 2. The second kappa shape index (κ2) is 10.6. The quantitative estimate of drug-likeness (QED) is 0.399. The lowest BCUT2D eigenvalue weighted by atomic mass is 9.57. The van der Waals surface area contributed by atoms with Crippen molar-refractivity contribution in [1.29, 1.82) is 0 Å². The molecular weight excluding hydrogens is 480 g/mol. The molecule has 198 valence electrons. The molecule has 1 aliphatic carbocycles. The van der Waals surface area contributed by atoms with E-state index in [1.165, 1.54) is 13.8 Å². The smallest absolute Gasteiger partial charge is 0.308 e. The molecule has 3 aromatic rings. The van der Waals surface area contributed by atoms with E-state index in [2.05, 4.69) is 23.3 Å². The first kappa shape index (κ1) is 25.9. The van der Waals surface area contributed by atoms with Gasteiger partial charge in [-0.2, -0.15) is 0 Å². The van der Waals surface area contributed by atoms with Crippen LogP contribution in [0.25, 0.3) is 10.8 Å². The molecule has 1 heterocycles. The lowest BCUT2D eigenvalue weighted by Gasteiger charge is -2.55. The Balaban J connectivity index is 1.49. The Labute approximate surface area is 223 Å². The van der Waals surface area contributed by atoms with Gasteiger partial charge < -0.3 is 19.7 Å². The number of piperidine rings is 1. The van der Waals surface area contributed by atoms with Gasteiger partial charge in [0.15, 0.2) is 0 Å². The molecule has 0 radical (unpaired) electrons. The number of likely N-dealkylation sites (tertiary alicyclic amines) is 1. The van der Waals surface area contributed by atoms with Gasteiger partial charge in [-0.1, -0.05) is 42.5 Å². The van der Waals surface area contributed by atoms with E-state index in [9.17, 15) is 14.4 Å². The zero-order valence-corrected chi connectivity index (χ0v) is 22.1. The molecule has 0 bridgehead atoms. The molecule has 38 heavy (non-hydrogen) atoms. The Bertz CT molecular complexity index is 1370. The van der Waals surface area contributed by atoms with Crippen LogP contribution in [-0.2, 0) is 19.7 Å². The van der Waals surface area contributed by atoms with Crippen molar-refractivity contribution in [3.8, 4) is 5.75 Å². The molecule has 1 N–H and O–H groups in total. The lowest BCUT2D eigenvalue weighted by molar-refractivity contribution is -0.157. The fourth-order valence-corrected chi connectivity index (χ4v) is 6.44. The van der Waals surface area contributed by atoms with Crippen molar-refractivity contribution in [1.82, 2.24) is 10.2 Å². The summed E-state index contributed by atoms with van der Waals surface area (Å²) in [5.41, 5.74) is 1.28. The Morgan fingerprint density at radius 3 is 2.50 bits per heavy atom. The van der Waals surface area contributed by atoms with Crippen LogP contribution in [0.4, 0.5) is 0 Å². The average Bonchev–Trinajstić information content (AvgIpc) is 2.88. The average molecular weight is 515 g/mol. The Morgan fingerprint density at radius 2 is 1.74 bits per heavy atom. The molecule has 3 aromatic carbocycles. The van der Waals surface area contributed by atoms with E-state index in [0.717, 1.165) is 35.8 Å². The molecule has 1 unspecified atom stereocenters. The summed E-state index contributed by atoms with van der Waals surface area (Å²) in [4.78, 5) is 39.5. The second-order valence-electron chi connectivity index (χ2n) is 10.7. The van der Waals surface area contributed by atoms with E-state index in [1.54, 1.807) is 6.07 Å². The summed E-state index contributed by atoms with van der Waals surface area (Å²) >= 11 is 0. The van der Waals surface area contributed by atoms with Crippen molar-refractivity contribution in [3.63, 3.8) is 0 Å². The lowest BCUT2D eigenvalue weighted by Crippen LogP contribution is -2.61. The highest BCUT2D eigenvalue weighted by molar-refractivity contribution is 5.98. The number of hydrogen-bond acceptors (Lipinski definition) is 6. The number of amides is 1.